The van der Waals surface area contributed by atoms with Gasteiger partial charge in [-0.25, -0.2) is 0 Å². The molecule has 0 aromatic rings. The summed E-state index contributed by atoms with van der Waals surface area (Å²) < 4.78 is 5.55. The van der Waals surface area contributed by atoms with E-state index < -0.39 is 16.9 Å². The number of rotatable bonds is 3. The van der Waals surface area contributed by atoms with Crippen LogP contribution < -0.4 is 5.73 Å². The SMILES string of the molecule is CC#C[C@H](C)OC1(Cl)C=CC=CC1C(N)=O. The standard InChI is InChI=1S/C12H14ClNO2/c1-3-6-9(2)16-12(13)8-5-4-7-10(12)11(14)15/h4-5,7-10H,1-2H3,(H2,14,15)/t9-,10?,12?/m0/s1. The molecule has 2 unspecified atom stereocenters. The minimum absolute atomic E-state index is 0.361. The van der Waals surface area contributed by atoms with E-state index in [-0.39, 0.29) is 6.10 Å². The van der Waals surface area contributed by atoms with Gasteiger partial charge < -0.3 is 10.5 Å². The summed E-state index contributed by atoms with van der Waals surface area (Å²) >= 11 is 6.24. The van der Waals surface area contributed by atoms with Gasteiger partial charge in [-0.15, -0.1) is 5.92 Å². The summed E-state index contributed by atoms with van der Waals surface area (Å²) in [5, 5.41) is -1.23. The van der Waals surface area contributed by atoms with E-state index in [0.29, 0.717) is 0 Å². The maximum atomic E-state index is 11.2. The quantitative estimate of drug-likeness (QED) is 0.601. The largest absolute Gasteiger partial charge is 0.369 e. The molecule has 0 spiro atoms. The van der Waals surface area contributed by atoms with Gasteiger partial charge in [-0.3, -0.25) is 4.79 Å². The molecule has 0 aliphatic heterocycles. The summed E-state index contributed by atoms with van der Waals surface area (Å²) in [6.07, 6.45) is 6.31. The molecule has 4 heteroatoms. The maximum Gasteiger partial charge on any atom is 0.228 e. The van der Waals surface area contributed by atoms with Crippen molar-refractivity contribution < 1.29 is 9.53 Å². The average Bonchev–Trinajstić information content (AvgIpc) is 2.17. The van der Waals surface area contributed by atoms with Gasteiger partial charge in [0.15, 0.2) is 5.06 Å². The van der Waals surface area contributed by atoms with E-state index in [2.05, 4.69) is 11.8 Å². The minimum Gasteiger partial charge on any atom is -0.369 e. The smallest absolute Gasteiger partial charge is 0.228 e. The van der Waals surface area contributed by atoms with Crippen LogP contribution in [0.4, 0.5) is 0 Å². The monoisotopic (exact) mass is 239 g/mol. The highest BCUT2D eigenvalue weighted by atomic mass is 35.5. The van der Waals surface area contributed by atoms with E-state index in [1.807, 2.05) is 0 Å². The molecule has 1 aliphatic carbocycles. The van der Waals surface area contributed by atoms with Gasteiger partial charge in [-0.2, -0.15) is 0 Å². The fraction of sp³-hybridized carbons (Fsp3) is 0.417. The fourth-order valence-electron chi connectivity index (χ4n) is 1.50. The number of halogens is 1. The second-order valence-electron chi connectivity index (χ2n) is 3.48. The molecule has 0 aromatic heterocycles. The summed E-state index contributed by atoms with van der Waals surface area (Å²) in [6.45, 7) is 3.48. The van der Waals surface area contributed by atoms with Crippen molar-refractivity contribution >= 4 is 17.5 Å². The summed E-state index contributed by atoms with van der Waals surface area (Å²) in [4.78, 5) is 11.2. The number of primary amides is 1. The molecule has 3 nitrogen and oxygen atoms in total. The Morgan fingerprint density at radius 3 is 2.88 bits per heavy atom. The predicted octanol–water partition coefficient (Wildman–Crippen LogP) is 1.58. The van der Waals surface area contributed by atoms with E-state index in [1.165, 1.54) is 0 Å². The molecule has 1 aliphatic rings. The van der Waals surface area contributed by atoms with Crippen LogP contribution in [-0.2, 0) is 9.53 Å². The lowest BCUT2D eigenvalue weighted by molar-refractivity contribution is -0.125. The highest BCUT2D eigenvalue weighted by molar-refractivity contribution is 6.26. The molecular formula is C12H14ClNO2. The molecule has 86 valence electrons. The zero-order valence-electron chi connectivity index (χ0n) is 9.24. The van der Waals surface area contributed by atoms with Gasteiger partial charge >= 0.3 is 0 Å². The van der Waals surface area contributed by atoms with Gasteiger partial charge in [0, 0.05) is 0 Å². The predicted molar refractivity (Wildman–Crippen MR) is 63.5 cm³/mol. The molecule has 1 amide bonds. The molecule has 2 N–H and O–H groups in total. The van der Waals surface area contributed by atoms with Crippen molar-refractivity contribution in [3.63, 3.8) is 0 Å². The van der Waals surface area contributed by atoms with E-state index in [9.17, 15) is 4.79 Å². The van der Waals surface area contributed by atoms with Crippen LogP contribution in [0.1, 0.15) is 13.8 Å². The van der Waals surface area contributed by atoms with E-state index in [1.54, 1.807) is 38.2 Å². The van der Waals surface area contributed by atoms with Crippen LogP contribution in [0.25, 0.3) is 0 Å². The molecular weight excluding hydrogens is 226 g/mol. The van der Waals surface area contributed by atoms with Gasteiger partial charge in [0.05, 0.1) is 0 Å². The van der Waals surface area contributed by atoms with E-state index >= 15 is 0 Å². The van der Waals surface area contributed by atoms with Gasteiger partial charge in [0.1, 0.15) is 12.0 Å². The highest BCUT2D eigenvalue weighted by Crippen LogP contribution is 2.33. The fourth-order valence-corrected chi connectivity index (χ4v) is 1.89. The second-order valence-corrected chi connectivity index (χ2v) is 4.07. The number of hydrogen-bond acceptors (Lipinski definition) is 2. The normalized spacial score (nSPS) is 29.3. The van der Waals surface area contributed by atoms with Crippen molar-refractivity contribution in [2.75, 3.05) is 0 Å². The Morgan fingerprint density at radius 1 is 1.62 bits per heavy atom. The lowest BCUT2D eigenvalue weighted by atomic mass is 9.96. The highest BCUT2D eigenvalue weighted by Gasteiger charge is 2.40. The topological polar surface area (TPSA) is 52.3 Å². The van der Waals surface area contributed by atoms with Crippen molar-refractivity contribution in [3.05, 3.63) is 24.3 Å². The molecule has 3 atom stereocenters. The van der Waals surface area contributed by atoms with Crippen LogP contribution in [0, 0.1) is 17.8 Å². The number of carbonyl (C=O) groups is 1. The van der Waals surface area contributed by atoms with Crippen LogP contribution in [0.3, 0.4) is 0 Å². The van der Waals surface area contributed by atoms with Gasteiger partial charge in [0.25, 0.3) is 0 Å². The molecule has 1 rings (SSSR count). The number of amides is 1. The summed E-state index contributed by atoms with van der Waals surface area (Å²) in [6, 6.07) is 0. The molecule has 16 heavy (non-hydrogen) atoms. The molecule has 0 radical (unpaired) electrons. The molecule has 0 saturated heterocycles. The summed E-state index contributed by atoms with van der Waals surface area (Å²) in [5.41, 5.74) is 5.27. The molecule has 0 fully saturated rings. The van der Waals surface area contributed by atoms with Crippen molar-refractivity contribution in [2.24, 2.45) is 11.7 Å². The third-order valence-electron chi connectivity index (χ3n) is 2.17. The Labute approximate surface area is 100 Å². The zero-order chi connectivity index (χ0) is 12.2. The van der Waals surface area contributed by atoms with Crippen molar-refractivity contribution in [3.8, 4) is 11.8 Å². The van der Waals surface area contributed by atoms with E-state index in [4.69, 9.17) is 22.1 Å². The van der Waals surface area contributed by atoms with Crippen LogP contribution in [0.2, 0.25) is 0 Å². The van der Waals surface area contributed by atoms with Gasteiger partial charge in [-0.1, -0.05) is 35.7 Å². The third-order valence-corrected chi connectivity index (χ3v) is 2.62. The molecule has 0 saturated carbocycles. The summed E-state index contributed by atoms with van der Waals surface area (Å²) in [7, 11) is 0. The van der Waals surface area contributed by atoms with Crippen LogP contribution in [-0.4, -0.2) is 17.1 Å². The van der Waals surface area contributed by atoms with Gasteiger partial charge in [-0.05, 0) is 19.9 Å². The first-order valence-corrected chi connectivity index (χ1v) is 5.31. The zero-order valence-corrected chi connectivity index (χ0v) is 9.99. The maximum absolute atomic E-state index is 11.2. The third kappa shape index (κ3) is 2.88. The van der Waals surface area contributed by atoms with Crippen molar-refractivity contribution in [2.45, 2.75) is 25.0 Å². The lowest BCUT2D eigenvalue weighted by Crippen LogP contribution is -2.43. The molecule has 0 bridgehead atoms. The van der Waals surface area contributed by atoms with Gasteiger partial charge in [0.2, 0.25) is 5.91 Å². The number of carbonyl (C=O) groups excluding carboxylic acids is 1. The number of ether oxygens (including phenoxy) is 1. The van der Waals surface area contributed by atoms with Crippen LogP contribution >= 0.6 is 11.6 Å². The Hall–Kier alpha value is -1.24. The minimum atomic E-state index is -1.23. The number of alkyl halides is 1. The number of nitrogens with two attached hydrogens (primary N) is 1. The van der Waals surface area contributed by atoms with Crippen LogP contribution in [0.5, 0.6) is 0 Å². The first-order valence-electron chi connectivity index (χ1n) is 4.94. The average molecular weight is 240 g/mol. The first-order chi connectivity index (χ1) is 7.49. The second kappa shape index (κ2) is 5.20. The Morgan fingerprint density at radius 2 is 2.31 bits per heavy atom. The lowest BCUT2D eigenvalue weighted by Gasteiger charge is -2.32. The van der Waals surface area contributed by atoms with Crippen molar-refractivity contribution in [1.82, 2.24) is 0 Å². The van der Waals surface area contributed by atoms with E-state index in [0.717, 1.165) is 0 Å². The molecule has 0 aromatic carbocycles. The molecule has 0 heterocycles. The Kier molecular flexibility index (Phi) is 4.17. The number of allylic oxidation sites excluding steroid dienone is 2. The van der Waals surface area contributed by atoms with Crippen LogP contribution in [0.15, 0.2) is 24.3 Å². The van der Waals surface area contributed by atoms with Crippen molar-refractivity contribution in [1.29, 1.82) is 0 Å². The number of hydrogen-bond donors (Lipinski definition) is 1. The first kappa shape index (κ1) is 12.8. The summed E-state index contributed by atoms with van der Waals surface area (Å²) in [5.74, 6) is 4.34. The Balaban J connectivity index is 2.87. The Bertz CT molecular complexity index is 392.